The lowest BCUT2D eigenvalue weighted by molar-refractivity contribution is 0.0472. The van der Waals surface area contributed by atoms with Gasteiger partial charge in [-0.25, -0.2) is 0 Å². The molecule has 3 rings (SSSR count). The van der Waals surface area contributed by atoms with Gasteiger partial charge in [0.15, 0.2) is 0 Å². The lowest BCUT2D eigenvalue weighted by Crippen LogP contribution is -2.40. The van der Waals surface area contributed by atoms with Gasteiger partial charge in [0.05, 0.1) is 6.10 Å². The minimum atomic E-state index is -0.405. The number of benzene rings is 2. The molecule has 1 aliphatic heterocycles. The molecule has 20 heavy (non-hydrogen) atoms. The molecule has 0 amide bonds. The van der Waals surface area contributed by atoms with Crippen molar-refractivity contribution in [1.82, 2.24) is 4.90 Å². The Morgan fingerprint density at radius 2 is 1.65 bits per heavy atom. The zero-order valence-corrected chi connectivity index (χ0v) is 12.1. The SMILES string of the molecule is C[C@H]([C@H](O)c1ccc2ccccc2c1)N1CCCCC1. The molecule has 2 aromatic carbocycles. The van der Waals surface area contributed by atoms with Crippen LogP contribution in [0.3, 0.4) is 0 Å². The Morgan fingerprint density at radius 1 is 0.950 bits per heavy atom. The molecule has 2 aromatic rings. The highest BCUT2D eigenvalue weighted by Crippen LogP contribution is 2.26. The van der Waals surface area contributed by atoms with E-state index in [9.17, 15) is 5.11 Å². The molecule has 0 unspecified atom stereocenters. The fraction of sp³-hybridized carbons (Fsp3) is 0.444. The van der Waals surface area contributed by atoms with Gasteiger partial charge >= 0.3 is 0 Å². The second kappa shape index (κ2) is 5.94. The molecular formula is C18H23NO. The van der Waals surface area contributed by atoms with E-state index < -0.39 is 6.10 Å². The summed E-state index contributed by atoms with van der Waals surface area (Å²) in [5.74, 6) is 0. The monoisotopic (exact) mass is 269 g/mol. The summed E-state index contributed by atoms with van der Waals surface area (Å²) in [6.07, 6.45) is 3.44. The van der Waals surface area contributed by atoms with E-state index in [1.807, 2.05) is 6.07 Å². The van der Waals surface area contributed by atoms with E-state index in [0.29, 0.717) is 0 Å². The highest BCUT2D eigenvalue weighted by Gasteiger charge is 2.24. The molecular weight excluding hydrogens is 246 g/mol. The first-order valence-electron chi connectivity index (χ1n) is 7.66. The maximum atomic E-state index is 10.7. The predicted octanol–water partition coefficient (Wildman–Crippen LogP) is 3.75. The Balaban J connectivity index is 1.81. The molecule has 0 radical (unpaired) electrons. The van der Waals surface area contributed by atoms with Gasteiger partial charge in [-0.1, -0.05) is 42.8 Å². The van der Waals surface area contributed by atoms with Crippen LogP contribution in [0.15, 0.2) is 42.5 Å². The van der Waals surface area contributed by atoms with Crippen molar-refractivity contribution >= 4 is 10.8 Å². The summed E-state index contributed by atoms with van der Waals surface area (Å²) in [6.45, 7) is 4.38. The van der Waals surface area contributed by atoms with Gasteiger partial charge < -0.3 is 5.11 Å². The zero-order chi connectivity index (χ0) is 13.9. The summed E-state index contributed by atoms with van der Waals surface area (Å²) in [5, 5.41) is 13.1. The quantitative estimate of drug-likeness (QED) is 0.917. The average molecular weight is 269 g/mol. The minimum Gasteiger partial charge on any atom is -0.387 e. The Labute approximate surface area is 121 Å². The van der Waals surface area contributed by atoms with Crippen molar-refractivity contribution in [2.24, 2.45) is 0 Å². The highest BCUT2D eigenvalue weighted by atomic mass is 16.3. The molecule has 0 saturated carbocycles. The lowest BCUT2D eigenvalue weighted by atomic mass is 9.97. The maximum Gasteiger partial charge on any atom is 0.0942 e. The van der Waals surface area contributed by atoms with Crippen LogP contribution in [0.4, 0.5) is 0 Å². The first-order valence-corrected chi connectivity index (χ1v) is 7.66. The van der Waals surface area contributed by atoms with E-state index in [0.717, 1.165) is 18.7 Å². The molecule has 1 aliphatic rings. The van der Waals surface area contributed by atoms with Crippen molar-refractivity contribution in [3.05, 3.63) is 48.0 Å². The minimum absolute atomic E-state index is 0.191. The third-order valence-corrected chi connectivity index (χ3v) is 4.54. The van der Waals surface area contributed by atoms with Gasteiger partial charge in [-0.15, -0.1) is 0 Å². The van der Waals surface area contributed by atoms with Crippen LogP contribution in [0.2, 0.25) is 0 Å². The summed E-state index contributed by atoms with van der Waals surface area (Å²) in [7, 11) is 0. The van der Waals surface area contributed by atoms with Crippen LogP contribution in [0.25, 0.3) is 10.8 Å². The topological polar surface area (TPSA) is 23.5 Å². The largest absolute Gasteiger partial charge is 0.387 e. The van der Waals surface area contributed by atoms with Crippen molar-refractivity contribution in [2.75, 3.05) is 13.1 Å². The number of aliphatic hydroxyl groups is 1. The normalized spacial score (nSPS) is 19.9. The van der Waals surface area contributed by atoms with Crippen molar-refractivity contribution < 1.29 is 5.11 Å². The summed E-state index contributed by atoms with van der Waals surface area (Å²) in [6, 6.07) is 14.8. The smallest absolute Gasteiger partial charge is 0.0942 e. The van der Waals surface area contributed by atoms with Gasteiger partial charge in [0.25, 0.3) is 0 Å². The summed E-state index contributed by atoms with van der Waals surface area (Å²) in [4.78, 5) is 2.42. The molecule has 2 atom stereocenters. The van der Waals surface area contributed by atoms with Gasteiger partial charge in [0.1, 0.15) is 0 Å². The van der Waals surface area contributed by atoms with Crippen LogP contribution in [0, 0.1) is 0 Å². The predicted molar refractivity (Wildman–Crippen MR) is 83.8 cm³/mol. The van der Waals surface area contributed by atoms with Crippen molar-refractivity contribution in [3.8, 4) is 0 Å². The number of likely N-dealkylation sites (tertiary alicyclic amines) is 1. The molecule has 1 fully saturated rings. The number of hydrogen-bond acceptors (Lipinski definition) is 2. The van der Waals surface area contributed by atoms with Gasteiger partial charge in [0, 0.05) is 6.04 Å². The summed E-state index contributed by atoms with van der Waals surface area (Å²) in [5.41, 5.74) is 1.03. The second-order valence-electron chi connectivity index (χ2n) is 5.89. The van der Waals surface area contributed by atoms with Gasteiger partial charge in [-0.05, 0) is 55.3 Å². The first kappa shape index (κ1) is 13.6. The molecule has 2 heteroatoms. The third-order valence-electron chi connectivity index (χ3n) is 4.54. The van der Waals surface area contributed by atoms with E-state index in [-0.39, 0.29) is 6.04 Å². The van der Waals surface area contributed by atoms with Crippen molar-refractivity contribution in [3.63, 3.8) is 0 Å². The van der Waals surface area contributed by atoms with Crippen LogP contribution >= 0.6 is 0 Å². The fourth-order valence-corrected chi connectivity index (χ4v) is 3.20. The number of rotatable bonds is 3. The number of nitrogens with zero attached hydrogens (tertiary/aromatic N) is 1. The average Bonchev–Trinajstić information content (AvgIpc) is 2.54. The summed E-state index contributed by atoms with van der Waals surface area (Å²) >= 11 is 0. The first-order chi connectivity index (χ1) is 9.75. The number of hydrogen-bond donors (Lipinski definition) is 1. The number of aliphatic hydroxyl groups excluding tert-OH is 1. The number of fused-ring (bicyclic) bond motifs is 1. The Hall–Kier alpha value is -1.38. The van der Waals surface area contributed by atoms with Gasteiger partial charge in [0.2, 0.25) is 0 Å². The van der Waals surface area contributed by atoms with Crippen LogP contribution in [0.1, 0.15) is 37.9 Å². The fourth-order valence-electron chi connectivity index (χ4n) is 3.20. The lowest BCUT2D eigenvalue weighted by Gasteiger charge is -2.35. The molecule has 1 N–H and O–H groups in total. The van der Waals surface area contributed by atoms with E-state index in [4.69, 9.17) is 0 Å². The van der Waals surface area contributed by atoms with Gasteiger partial charge in [-0.3, -0.25) is 4.90 Å². The van der Waals surface area contributed by atoms with Crippen LogP contribution in [-0.4, -0.2) is 29.1 Å². The third kappa shape index (κ3) is 2.72. The van der Waals surface area contributed by atoms with E-state index in [1.165, 1.54) is 30.0 Å². The van der Waals surface area contributed by atoms with Gasteiger partial charge in [-0.2, -0.15) is 0 Å². The standard InChI is InChI=1S/C18H23NO/c1-14(19-11-5-2-6-12-19)18(20)17-10-9-15-7-3-4-8-16(15)13-17/h3-4,7-10,13-14,18,20H,2,5-6,11-12H2,1H3/t14-,18+/m1/s1. The van der Waals surface area contributed by atoms with Crippen molar-refractivity contribution in [2.45, 2.75) is 38.3 Å². The maximum absolute atomic E-state index is 10.7. The Bertz CT molecular complexity index is 574. The molecule has 0 bridgehead atoms. The van der Waals surface area contributed by atoms with Crippen molar-refractivity contribution in [1.29, 1.82) is 0 Å². The van der Waals surface area contributed by atoms with Crippen LogP contribution in [0.5, 0.6) is 0 Å². The molecule has 1 saturated heterocycles. The Kier molecular flexibility index (Phi) is 4.04. The molecule has 106 valence electrons. The summed E-state index contributed by atoms with van der Waals surface area (Å²) < 4.78 is 0. The molecule has 0 spiro atoms. The van der Waals surface area contributed by atoms with E-state index in [1.54, 1.807) is 0 Å². The van der Waals surface area contributed by atoms with E-state index >= 15 is 0 Å². The second-order valence-corrected chi connectivity index (χ2v) is 5.89. The van der Waals surface area contributed by atoms with E-state index in [2.05, 4.69) is 48.2 Å². The van der Waals surface area contributed by atoms with Crippen LogP contribution < -0.4 is 0 Å². The van der Waals surface area contributed by atoms with Crippen LogP contribution in [-0.2, 0) is 0 Å². The molecule has 1 heterocycles. The highest BCUT2D eigenvalue weighted by molar-refractivity contribution is 5.83. The molecule has 0 aromatic heterocycles. The number of piperidine rings is 1. The zero-order valence-electron chi connectivity index (χ0n) is 12.1. The molecule has 0 aliphatic carbocycles. The molecule has 2 nitrogen and oxygen atoms in total. The Morgan fingerprint density at radius 3 is 2.40 bits per heavy atom.